The first kappa shape index (κ1) is 14.6. The van der Waals surface area contributed by atoms with E-state index in [2.05, 4.69) is 15.4 Å². The molecular weight excluding hydrogens is 273 g/mol. The number of anilines is 2. The normalized spacial score (nSPS) is 14.3. The molecule has 0 unspecified atom stereocenters. The van der Waals surface area contributed by atoms with Crippen LogP contribution >= 0.6 is 0 Å². The monoisotopic (exact) mass is 288 g/mol. The summed E-state index contributed by atoms with van der Waals surface area (Å²) in [5.41, 5.74) is 2.68. The van der Waals surface area contributed by atoms with Gasteiger partial charge in [-0.05, 0) is 36.6 Å². The van der Waals surface area contributed by atoms with Crippen LogP contribution in [0.15, 0.2) is 18.2 Å². The van der Waals surface area contributed by atoms with E-state index in [1.165, 1.54) is 0 Å². The molecule has 1 aliphatic heterocycles. The number of ether oxygens (including phenoxy) is 1. The highest BCUT2D eigenvalue weighted by molar-refractivity contribution is 5.92. The van der Waals surface area contributed by atoms with E-state index in [-0.39, 0.29) is 0 Å². The number of halogens is 3. The Labute approximate surface area is 114 Å². The van der Waals surface area contributed by atoms with Crippen LogP contribution in [0.2, 0.25) is 0 Å². The van der Waals surface area contributed by atoms with E-state index in [0.29, 0.717) is 5.69 Å². The molecule has 2 rings (SSSR count). The minimum Gasteiger partial charge on any atom is -0.385 e. The number of hydrogen-bond donors (Lipinski definition) is 2. The van der Waals surface area contributed by atoms with Gasteiger partial charge in [0, 0.05) is 17.9 Å². The molecule has 1 aromatic rings. The third-order valence-corrected chi connectivity index (χ3v) is 2.83. The second-order valence-corrected chi connectivity index (χ2v) is 4.56. The summed E-state index contributed by atoms with van der Waals surface area (Å²) in [7, 11) is 0. The molecular formula is C13H15F3N2O2. The molecule has 2 N–H and O–H groups in total. The van der Waals surface area contributed by atoms with Gasteiger partial charge in [0.05, 0.1) is 0 Å². The van der Waals surface area contributed by atoms with Crippen LogP contribution in [0, 0.1) is 0 Å². The summed E-state index contributed by atoms with van der Waals surface area (Å²) in [6, 6.07) is 5.38. The van der Waals surface area contributed by atoms with Crippen molar-refractivity contribution in [2.75, 3.05) is 30.4 Å². The Morgan fingerprint density at radius 3 is 2.95 bits per heavy atom. The Balaban J connectivity index is 1.85. The highest BCUT2D eigenvalue weighted by Crippen LogP contribution is 2.25. The number of benzene rings is 1. The van der Waals surface area contributed by atoms with Crippen LogP contribution in [-0.4, -0.2) is 31.8 Å². The van der Waals surface area contributed by atoms with Crippen LogP contribution < -0.4 is 10.6 Å². The number of nitrogens with one attached hydrogen (secondary N) is 2. The van der Waals surface area contributed by atoms with Crippen molar-refractivity contribution < 1.29 is 22.7 Å². The first-order chi connectivity index (χ1) is 9.44. The highest BCUT2D eigenvalue weighted by atomic mass is 19.4. The lowest BCUT2D eigenvalue weighted by molar-refractivity contribution is -0.174. The average molecular weight is 288 g/mol. The smallest absolute Gasteiger partial charge is 0.385 e. The van der Waals surface area contributed by atoms with E-state index in [1.54, 1.807) is 6.07 Å². The lowest BCUT2D eigenvalue weighted by Gasteiger charge is -2.18. The van der Waals surface area contributed by atoms with Gasteiger partial charge in [-0.1, -0.05) is 0 Å². The number of amides is 1. The van der Waals surface area contributed by atoms with Gasteiger partial charge in [-0.15, -0.1) is 0 Å². The molecule has 0 bridgehead atoms. The quantitative estimate of drug-likeness (QED) is 0.895. The van der Waals surface area contributed by atoms with Gasteiger partial charge in [0.25, 0.3) is 0 Å². The van der Waals surface area contributed by atoms with Crippen LogP contribution in [0.25, 0.3) is 0 Å². The molecule has 1 aliphatic rings. The minimum atomic E-state index is -4.42. The molecule has 20 heavy (non-hydrogen) atoms. The molecule has 1 heterocycles. The maximum atomic E-state index is 11.9. The average Bonchev–Trinajstić information content (AvgIpc) is 2.37. The van der Waals surface area contributed by atoms with Crippen molar-refractivity contribution in [3.05, 3.63) is 23.8 Å². The Morgan fingerprint density at radius 2 is 2.20 bits per heavy atom. The van der Waals surface area contributed by atoms with Crippen LogP contribution in [0.1, 0.15) is 12.0 Å². The zero-order valence-electron chi connectivity index (χ0n) is 10.7. The van der Waals surface area contributed by atoms with Gasteiger partial charge in [0.1, 0.15) is 13.2 Å². The number of rotatable bonds is 4. The second-order valence-electron chi connectivity index (χ2n) is 4.56. The number of hydrogen-bond acceptors (Lipinski definition) is 3. The first-order valence-electron chi connectivity index (χ1n) is 6.25. The molecule has 0 aliphatic carbocycles. The first-order valence-corrected chi connectivity index (χ1v) is 6.25. The molecule has 7 heteroatoms. The number of alkyl halides is 3. The van der Waals surface area contributed by atoms with Gasteiger partial charge in [-0.2, -0.15) is 13.2 Å². The summed E-state index contributed by atoms with van der Waals surface area (Å²) in [6.45, 7) is -1.12. The zero-order valence-corrected chi connectivity index (χ0v) is 10.7. The molecule has 0 atom stereocenters. The van der Waals surface area contributed by atoms with Crippen molar-refractivity contribution >= 4 is 17.3 Å². The fourth-order valence-electron chi connectivity index (χ4n) is 2.01. The van der Waals surface area contributed by atoms with Crippen molar-refractivity contribution in [2.45, 2.75) is 19.0 Å². The predicted molar refractivity (Wildman–Crippen MR) is 68.8 cm³/mol. The van der Waals surface area contributed by atoms with E-state index >= 15 is 0 Å². The van der Waals surface area contributed by atoms with Gasteiger partial charge in [-0.3, -0.25) is 4.79 Å². The third kappa shape index (κ3) is 4.41. The van der Waals surface area contributed by atoms with Gasteiger partial charge >= 0.3 is 6.18 Å². The summed E-state index contributed by atoms with van der Waals surface area (Å²) in [4.78, 5) is 11.4. The largest absolute Gasteiger partial charge is 0.411 e. The molecule has 0 saturated carbocycles. The third-order valence-electron chi connectivity index (χ3n) is 2.83. The number of carbonyl (C=O) groups is 1. The zero-order chi connectivity index (χ0) is 14.6. The van der Waals surface area contributed by atoms with Gasteiger partial charge in [0.2, 0.25) is 5.91 Å². The minimum absolute atomic E-state index is 0.563. The van der Waals surface area contributed by atoms with Gasteiger partial charge < -0.3 is 15.4 Å². The van der Waals surface area contributed by atoms with Gasteiger partial charge in [-0.25, -0.2) is 0 Å². The summed E-state index contributed by atoms with van der Waals surface area (Å²) in [5.74, 6) is -0.599. The molecule has 0 saturated heterocycles. The highest BCUT2D eigenvalue weighted by Gasteiger charge is 2.27. The molecule has 1 amide bonds. The topological polar surface area (TPSA) is 50.4 Å². The molecule has 1 aromatic carbocycles. The van der Waals surface area contributed by atoms with E-state index in [0.717, 1.165) is 30.6 Å². The second kappa shape index (κ2) is 6.13. The number of aryl methyl sites for hydroxylation is 1. The Bertz CT molecular complexity index is 489. The lowest BCUT2D eigenvalue weighted by atomic mass is 10.0. The van der Waals surface area contributed by atoms with Crippen molar-refractivity contribution in [3.8, 4) is 0 Å². The van der Waals surface area contributed by atoms with E-state index < -0.39 is 25.3 Å². The Morgan fingerprint density at radius 1 is 1.40 bits per heavy atom. The number of carbonyl (C=O) groups excluding carboxylic acids is 1. The van der Waals surface area contributed by atoms with Crippen LogP contribution in [0.4, 0.5) is 24.5 Å². The van der Waals surface area contributed by atoms with Gasteiger partial charge in [0.15, 0.2) is 0 Å². The molecule has 0 aromatic heterocycles. The summed E-state index contributed by atoms with van der Waals surface area (Å²) < 4.78 is 39.9. The maximum absolute atomic E-state index is 11.9. The van der Waals surface area contributed by atoms with E-state index in [1.807, 2.05) is 12.1 Å². The molecule has 4 nitrogen and oxygen atoms in total. The molecule has 110 valence electrons. The van der Waals surface area contributed by atoms with Crippen LogP contribution in [0.3, 0.4) is 0 Å². The molecule has 0 fully saturated rings. The summed E-state index contributed by atoms with van der Waals surface area (Å²) >= 11 is 0. The maximum Gasteiger partial charge on any atom is 0.411 e. The lowest BCUT2D eigenvalue weighted by Crippen LogP contribution is -2.24. The fourth-order valence-corrected chi connectivity index (χ4v) is 2.01. The number of fused-ring (bicyclic) bond motifs is 1. The Kier molecular flexibility index (Phi) is 4.49. The standard InChI is InChI=1S/C13H15F3N2O2/c14-13(15,16)8-20-7-12(19)18-10-3-4-11-9(6-10)2-1-5-17-11/h3-4,6,17H,1-2,5,7-8H2,(H,18,19). The fraction of sp³-hybridized carbons (Fsp3) is 0.462. The van der Waals surface area contributed by atoms with Crippen molar-refractivity contribution in [2.24, 2.45) is 0 Å². The van der Waals surface area contributed by atoms with Crippen LogP contribution in [0.5, 0.6) is 0 Å². The van der Waals surface area contributed by atoms with Crippen molar-refractivity contribution in [1.29, 1.82) is 0 Å². The SMILES string of the molecule is O=C(COCC(F)(F)F)Nc1ccc2c(c1)CCCN2. The van der Waals surface area contributed by atoms with Crippen molar-refractivity contribution in [3.63, 3.8) is 0 Å². The van der Waals surface area contributed by atoms with E-state index in [4.69, 9.17) is 0 Å². The van der Waals surface area contributed by atoms with Crippen molar-refractivity contribution in [1.82, 2.24) is 0 Å². The predicted octanol–water partition coefficient (Wildman–Crippen LogP) is 2.56. The molecule has 0 spiro atoms. The van der Waals surface area contributed by atoms with E-state index in [9.17, 15) is 18.0 Å². The van der Waals surface area contributed by atoms with Crippen LogP contribution in [-0.2, 0) is 16.0 Å². The summed E-state index contributed by atoms with van der Waals surface area (Å²) in [5, 5.41) is 5.75. The Hall–Kier alpha value is -1.76. The molecule has 0 radical (unpaired) electrons. The summed E-state index contributed by atoms with van der Waals surface area (Å²) in [6.07, 6.45) is -2.49.